The molecule has 21 heavy (non-hydrogen) atoms. The highest BCUT2D eigenvalue weighted by atomic mass is 35.5. The molecular weight excluding hydrogens is 288 g/mol. The number of nitrogens with zero attached hydrogens (tertiary/aromatic N) is 1. The van der Waals surface area contributed by atoms with Crippen molar-refractivity contribution in [2.45, 2.75) is 31.4 Å². The smallest absolute Gasteiger partial charge is 0.228 e. The van der Waals surface area contributed by atoms with E-state index in [9.17, 15) is 4.79 Å². The maximum absolute atomic E-state index is 12.4. The van der Waals surface area contributed by atoms with Gasteiger partial charge in [-0.25, -0.2) is 0 Å². The highest BCUT2D eigenvalue weighted by Gasteiger charge is 2.48. The SMILES string of the molecule is CCOC1CC1C(=O)N1C[C@@H](N)[C@H](c2ccccc2)C1.Cl. The number of hydrogen-bond donors (Lipinski definition) is 1. The molecule has 2 fully saturated rings. The molecule has 116 valence electrons. The third kappa shape index (κ3) is 3.39. The molecule has 3 rings (SSSR count). The summed E-state index contributed by atoms with van der Waals surface area (Å²) in [4.78, 5) is 14.3. The number of ether oxygens (including phenoxy) is 1. The van der Waals surface area contributed by atoms with Crippen LogP contribution in [-0.2, 0) is 9.53 Å². The molecule has 1 saturated heterocycles. The van der Waals surface area contributed by atoms with Crippen molar-refractivity contribution in [3.05, 3.63) is 35.9 Å². The van der Waals surface area contributed by atoms with Gasteiger partial charge in [0, 0.05) is 31.7 Å². The van der Waals surface area contributed by atoms with Gasteiger partial charge in [-0.05, 0) is 18.9 Å². The normalized spacial score (nSPS) is 30.9. The fourth-order valence-electron chi connectivity index (χ4n) is 3.13. The lowest BCUT2D eigenvalue weighted by molar-refractivity contribution is -0.132. The van der Waals surface area contributed by atoms with Gasteiger partial charge in [-0.1, -0.05) is 30.3 Å². The van der Waals surface area contributed by atoms with E-state index in [1.165, 1.54) is 5.56 Å². The molecule has 1 aromatic rings. The molecule has 1 aliphatic carbocycles. The number of nitrogens with two attached hydrogens (primary N) is 1. The van der Waals surface area contributed by atoms with Crippen molar-refractivity contribution >= 4 is 18.3 Å². The fourth-order valence-corrected chi connectivity index (χ4v) is 3.13. The summed E-state index contributed by atoms with van der Waals surface area (Å²) in [6, 6.07) is 10.3. The zero-order valence-corrected chi connectivity index (χ0v) is 13.1. The minimum Gasteiger partial charge on any atom is -0.378 e. The first-order valence-corrected chi connectivity index (χ1v) is 7.41. The summed E-state index contributed by atoms with van der Waals surface area (Å²) in [7, 11) is 0. The quantitative estimate of drug-likeness (QED) is 0.922. The topological polar surface area (TPSA) is 55.6 Å². The van der Waals surface area contributed by atoms with Crippen LogP contribution in [0.5, 0.6) is 0 Å². The van der Waals surface area contributed by atoms with E-state index >= 15 is 0 Å². The van der Waals surface area contributed by atoms with E-state index in [4.69, 9.17) is 10.5 Å². The highest BCUT2D eigenvalue weighted by Crippen LogP contribution is 2.37. The molecule has 1 aromatic carbocycles. The van der Waals surface area contributed by atoms with Gasteiger partial charge in [0.15, 0.2) is 0 Å². The summed E-state index contributed by atoms with van der Waals surface area (Å²) in [5.74, 6) is 0.540. The minimum atomic E-state index is 0. The average Bonchev–Trinajstić information content (AvgIpc) is 3.12. The van der Waals surface area contributed by atoms with Crippen LogP contribution in [0.1, 0.15) is 24.8 Å². The van der Waals surface area contributed by atoms with Crippen LogP contribution in [0.2, 0.25) is 0 Å². The van der Waals surface area contributed by atoms with Crippen LogP contribution in [-0.4, -0.2) is 42.6 Å². The molecule has 2 N–H and O–H groups in total. The van der Waals surface area contributed by atoms with Crippen LogP contribution in [0.25, 0.3) is 0 Å². The zero-order chi connectivity index (χ0) is 14.1. The molecule has 0 bridgehead atoms. The maximum Gasteiger partial charge on any atom is 0.228 e. The second-order valence-corrected chi connectivity index (χ2v) is 5.76. The van der Waals surface area contributed by atoms with Crippen LogP contribution < -0.4 is 5.73 Å². The summed E-state index contributed by atoms with van der Waals surface area (Å²) >= 11 is 0. The molecule has 1 amide bonds. The van der Waals surface area contributed by atoms with E-state index in [2.05, 4.69) is 12.1 Å². The monoisotopic (exact) mass is 310 g/mol. The van der Waals surface area contributed by atoms with Gasteiger partial charge in [0.25, 0.3) is 0 Å². The second kappa shape index (κ2) is 6.77. The molecule has 5 heteroatoms. The molecule has 1 heterocycles. The van der Waals surface area contributed by atoms with E-state index in [0.29, 0.717) is 13.2 Å². The summed E-state index contributed by atoms with van der Waals surface area (Å²) in [5.41, 5.74) is 7.46. The Hall–Kier alpha value is -1.10. The fraction of sp³-hybridized carbons (Fsp3) is 0.562. The first kappa shape index (κ1) is 16.3. The minimum absolute atomic E-state index is 0. The van der Waals surface area contributed by atoms with Gasteiger partial charge in [0.2, 0.25) is 5.91 Å². The predicted molar refractivity (Wildman–Crippen MR) is 84.5 cm³/mol. The Bertz CT molecular complexity index is 482. The number of rotatable bonds is 4. The van der Waals surface area contributed by atoms with Crippen molar-refractivity contribution in [2.24, 2.45) is 11.7 Å². The first-order chi connectivity index (χ1) is 9.70. The Labute approximate surface area is 132 Å². The number of carbonyl (C=O) groups is 1. The van der Waals surface area contributed by atoms with E-state index in [-0.39, 0.29) is 42.3 Å². The summed E-state index contributed by atoms with van der Waals surface area (Å²) < 4.78 is 5.51. The summed E-state index contributed by atoms with van der Waals surface area (Å²) in [5, 5.41) is 0. The highest BCUT2D eigenvalue weighted by molar-refractivity contribution is 5.85. The molecule has 2 unspecified atom stereocenters. The molecule has 1 saturated carbocycles. The van der Waals surface area contributed by atoms with Crippen molar-refractivity contribution < 1.29 is 9.53 Å². The third-order valence-electron chi connectivity index (χ3n) is 4.33. The van der Waals surface area contributed by atoms with Gasteiger partial charge < -0.3 is 15.4 Å². The lowest BCUT2D eigenvalue weighted by atomic mass is 9.95. The van der Waals surface area contributed by atoms with Crippen molar-refractivity contribution in [2.75, 3.05) is 19.7 Å². The van der Waals surface area contributed by atoms with Gasteiger partial charge >= 0.3 is 0 Å². The zero-order valence-electron chi connectivity index (χ0n) is 12.3. The number of carbonyl (C=O) groups excluding carboxylic acids is 1. The number of likely N-dealkylation sites (tertiary alicyclic amines) is 1. The average molecular weight is 311 g/mol. The van der Waals surface area contributed by atoms with Crippen LogP contribution in [0.3, 0.4) is 0 Å². The molecular formula is C16H23ClN2O2. The van der Waals surface area contributed by atoms with Crippen LogP contribution in [0.4, 0.5) is 0 Å². The van der Waals surface area contributed by atoms with E-state index in [1.807, 2.05) is 30.0 Å². The largest absolute Gasteiger partial charge is 0.378 e. The Morgan fingerprint density at radius 1 is 1.33 bits per heavy atom. The molecule has 2 aliphatic rings. The van der Waals surface area contributed by atoms with Crippen LogP contribution in [0, 0.1) is 5.92 Å². The molecule has 0 radical (unpaired) electrons. The van der Waals surface area contributed by atoms with E-state index in [1.54, 1.807) is 0 Å². The first-order valence-electron chi connectivity index (χ1n) is 7.41. The summed E-state index contributed by atoms with van der Waals surface area (Å²) in [6.07, 6.45) is 1.01. The van der Waals surface area contributed by atoms with Crippen LogP contribution in [0.15, 0.2) is 30.3 Å². The van der Waals surface area contributed by atoms with Crippen molar-refractivity contribution in [3.8, 4) is 0 Å². The van der Waals surface area contributed by atoms with Crippen molar-refractivity contribution in [1.29, 1.82) is 0 Å². The maximum atomic E-state index is 12.4. The number of hydrogen-bond acceptors (Lipinski definition) is 3. The lowest BCUT2D eigenvalue weighted by Gasteiger charge is -2.16. The standard InChI is InChI=1S/C16H22N2O2.ClH/c1-2-20-15-8-12(15)16(19)18-9-13(14(17)10-18)11-6-4-3-5-7-11;/h3-7,12-15H,2,8-10,17H2,1H3;1H/t12?,13-,14+,15?;/m0./s1. The van der Waals surface area contributed by atoms with E-state index in [0.717, 1.165) is 13.0 Å². The number of amides is 1. The van der Waals surface area contributed by atoms with E-state index < -0.39 is 0 Å². The molecule has 0 spiro atoms. The Morgan fingerprint density at radius 2 is 2.05 bits per heavy atom. The van der Waals surface area contributed by atoms with Gasteiger partial charge in [-0.2, -0.15) is 0 Å². The Kier molecular flexibility index (Phi) is 5.25. The van der Waals surface area contributed by atoms with Gasteiger partial charge in [0.05, 0.1) is 12.0 Å². The molecule has 4 atom stereocenters. The van der Waals surface area contributed by atoms with Crippen molar-refractivity contribution in [1.82, 2.24) is 4.90 Å². The molecule has 0 aromatic heterocycles. The van der Waals surface area contributed by atoms with Crippen LogP contribution >= 0.6 is 12.4 Å². The molecule has 1 aliphatic heterocycles. The van der Waals surface area contributed by atoms with Crippen molar-refractivity contribution in [3.63, 3.8) is 0 Å². The number of halogens is 1. The lowest BCUT2D eigenvalue weighted by Crippen LogP contribution is -2.33. The van der Waals surface area contributed by atoms with Gasteiger partial charge in [-0.15, -0.1) is 12.4 Å². The van der Waals surface area contributed by atoms with Gasteiger partial charge in [0.1, 0.15) is 0 Å². The molecule has 4 nitrogen and oxygen atoms in total. The number of benzene rings is 1. The summed E-state index contributed by atoms with van der Waals surface area (Å²) in [6.45, 7) is 4.05. The Balaban J connectivity index is 0.00000161. The third-order valence-corrected chi connectivity index (χ3v) is 4.33. The predicted octanol–water partition coefficient (Wildman–Crippen LogP) is 1.79. The second-order valence-electron chi connectivity index (χ2n) is 5.76. The Morgan fingerprint density at radius 3 is 2.71 bits per heavy atom. The van der Waals surface area contributed by atoms with Gasteiger partial charge in [-0.3, -0.25) is 4.79 Å².